The van der Waals surface area contributed by atoms with Crippen LogP contribution in [0.1, 0.15) is 42.6 Å². The summed E-state index contributed by atoms with van der Waals surface area (Å²) in [5, 5.41) is 0. The second kappa shape index (κ2) is 8.31. The number of carbonyl (C=O) groups excluding carboxylic acids is 1. The molecule has 28 heavy (non-hydrogen) atoms. The van der Waals surface area contributed by atoms with Crippen molar-refractivity contribution in [2.45, 2.75) is 44.8 Å². The Morgan fingerprint density at radius 3 is 2.50 bits per heavy atom. The first-order valence-corrected chi connectivity index (χ1v) is 9.06. The molecule has 0 bridgehead atoms. The molecule has 1 saturated heterocycles. The van der Waals surface area contributed by atoms with E-state index in [0.717, 1.165) is 6.07 Å². The summed E-state index contributed by atoms with van der Waals surface area (Å²) < 4.78 is 79.1. The predicted octanol–water partition coefficient (Wildman–Crippen LogP) is 4.67. The van der Waals surface area contributed by atoms with E-state index in [2.05, 4.69) is 0 Å². The number of halogens is 6. The molecule has 0 radical (unpaired) electrons. The minimum absolute atomic E-state index is 0.141. The summed E-state index contributed by atoms with van der Waals surface area (Å²) in [6.07, 6.45) is -4.66. The Balaban J connectivity index is 2.07. The molecular weight excluding hydrogens is 386 g/mol. The molecule has 0 aliphatic carbocycles. The normalized spacial score (nSPS) is 19.9. The van der Waals surface area contributed by atoms with E-state index in [9.17, 15) is 31.1 Å². The van der Waals surface area contributed by atoms with Gasteiger partial charge in [-0.3, -0.25) is 9.69 Å². The molecule has 1 heterocycles. The van der Waals surface area contributed by atoms with E-state index in [4.69, 9.17) is 0 Å². The van der Waals surface area contributed by atoms with Crippen LogP contribution in [0, 0.1) is 11.7 Å². The first-order valence-electron chi connectivity index (χ1n) is 9.06. The summed E-state index contributed by atoms with van der Waals surface area (Å²) in [6, 6.07) is 1.71. The smallest absolute Gasteiger partial charge is 0.339 e. The number of alkyl halides is 5. The number of hydrogen-bond donors (Lipinski definition) is 0. The average Bonchev–Trinajstić information content (AvgIpc) is 2.58. The molecule has 3 nitrogen and oxygen atoms in total. The lowest BCUT2D eigenvalue weighted by Crippen LogP contribution is -2.48. The van der Waals surface area contributed by atoms with Crippen LogP contribution >= 0.6 is 0 Å². The third-order valence-electron chi connectivity index (χ3n) is 5.29. The van der Waals surface area contributed by atoms with Crippen molar-refractivity contribution in [3.05, 3.63) is 35.1 Å². The van der Waals surface area contributed by atoms with Gasteiger partial charge >= 0.3 is 6.18 Å². The van der Waals surface area contributed by atoms with E-state index in [1.54, 1.807) is 18.7 Å². The number of carbonyl (C=O) groups is 1. The van der Waals surface area contributed by atoms with Crippen LogP contribution in [0.15, 0.2) is 18.2 Å². The minimum Gasteiger partial charge on any atom is -0.339 e. The molecule has 1 aromatic rings. The monoisotopic (exact) mass is 410 g/mol. The van der Waals surface area contributed by atoms with Crippen LogP contribution in [0.2, 0.25) is 0 Å². The maximum Gasteiger partial charge on any atom is 0.419 e. The van der Waals surface area contributed by atoms with Gasteiger partial charge in [0.25, 0.3) is 11.8 Å². The van der Waals surface area contributed by atoms with E-state index in [1.165, 1.54) is 11.9 Å². The zero-order valence-corrected chi connectivity index (χ0v) is 16.0. The zero-order chi connectivity index (χ0) is 21.3. The fourth-order valence-corrected chi connectivity index (χ4v) is 3.41. The quantitative estimate of drug-likeness (QED) is 0.659. The molecule has 9 heteroatoms. The molecular formula is C19H24F6N2O. The molecule has 0 saturated carbocycles. The highest BCUT2D eigenvalue weighted by Crippen LogP contribution is 2.32. The summed E-state index contributed by atoms with van der Waals surface area (Å²) in [5.74, 6) is -5.05. The van der Waals surface area contributed by atoms with Crippen LogP contribution < -0.4 is 0 Å². The number of piperidine rings is 1. The van der Waals surface area contributed by atoms with E-state index in [-0.39, 0.29) is 24.4 Å². The van der Waals surface area contributed by atoms with Crippen molar-refractivity contribution in [1.29, 1.82) is 0 Å². The van der Waals surface area contributed by atoms with Gasteiger partial charge in [-0.1, -0.05) is 6.92 Å². The van der Waals surface area contributed by atoms with Gasteiger partial charge < -0.3 is 4.90 Å². The van der Waals surface area contributed by atoms with Gasteiger partial charge in [0.1, 0.15) is 5.82 Å². The van der Waals surface area contributed by atoms with Crippen molar-refractivity contribution in [2.75, 3.05) is 26.7 Å². The topological polar surface area (TPSA) is 23.6 Å². The second-order valence-corrected chi connectivity index (χ2v) is 7.52. The van der Waals surface area contributed by atoms with Crippen molar-refractivity contribution in [3.63, 3.8) is 0 Å². The third-order valence-corrected chi connectivity index (χ3v) is 5.29. The predicted molar refractivity (Wildman–Crippen MR) is 92.7 cm³/mol. The van der Waals surface area contributed by atoms with E-state index in [1.807, 2.05) is 0 Å². The van der Waals surface area contributed by atoms with Gasteiger partial charge in [0.2, 0.25) is 0 Å². The molecule has 1 amide bonds. The Kier molecular flexibility index (Phi) is 6.68. The molecule has 158 valence electrons. The Bertz CT molecular complexity index is 706. The standard InChI is InChI=1S/C19H24F6N2O/c1-12(10-27-8-4-7-18(21,22)11-27)13(2)26(3)17(28)14-5-6-16(20)15(9-14)19(23,24)25/h5-6,9,12-13H,4,7-8,10-11H2,1-3H3. The van der Waals surface area contributed by atoms with Crippen molar-refractivity contribution >= 4 is 5.91 Å². The Hall–Kier alpha value is -1.77. The maximum absolute atomic E-state index is 13.6. The number of benzene rings is 1. The van der Waals surface area contributed by atoms with Crippen molar-refractivity contribution in [2.24, 2.45) is 5.92 Å². The van der Waals surface area contributed by atoms with Gasteiger partial charge in [-0.2, -0.15) is 13.2 Å². The fourth-order valence-electron chi connectivity index (χ4n) is 3.41. The summed E-state index contributed by atoms with van der Waals surface area (Å²) in [6.45, 7) is 4.04. The highest BCUT2D eigenvalue weighted by Gasteiger charge is 2.37. The molecule has 1 fully saturated rings. The fraction of sp³-hybridized carbons (Fsp3) is 0.632. The van der Waals surface area contributed by atoms with Gasteiger partial charge in [-0.15, -0.1) is 0 Å². The van der Waals surface area contributed by atoms with Crippen LogP contribution in [0.5, 0.6) is 0 Å². The largest absolute Gasteiger partial charge is 0.419 e. The van der Waals surface area contributed by atoms with Crippen LogP contribution in [0.4, 0.5) is 26.3 Å². The molecule has 1 aliphatic rings. The Morgan fingerprint density at radius 1 is 1.29 bits per heavy atom. The van der Waals surface area contributed by atoms with Crippen molar-refractivity contribution in [1.82, 2.24) is 9.80 Å². The highest BCUT2D eigenvalue weighted by atomic mass is 19.4. The molecule has 1 aliphatic heterocycles. The zero-order valence-electron chi connectivity index (χ0n) is 16.0. The van der Waals surface area contributed by atoms with E-state index >= 15 is 0 Å². The maximum atomic E-state index is 13.6. The molecule has 2 rings (SSSR count). The highest BCUT2D eigenvalue weighted by molar-refractivity contribution is 5.94. The van der Waals surface area contributed by atoms with Crippen molar-refractivity contribution < 1.29 is 31.1 Å². The van der Waals surface area contributed by atoms with E-state index < -0.39 is 35.4 Å². The second-order valence-electron chi connectivity index (χ2n) is 7.52. The molecule has 1 aromatic carbocycles. The summed E-state index contributed by atoms with van der Waals surface area (Å²) in [5.41, 5.74) is -1.78. The van der Waals surface area contributed by atoms with Gasteiger partial charge in [0, 0.05) is 31.6 Å². The molecule has 0 spiro atoms. The number of nitrogens with zero attached hydrogens (tertiary/aromatic N) is 2. The van der Waals surface area contributed by atoms with Gasteiger partial charge in [-0.25, -0.2) is 13.2 Å². The van der Waals surface area contributed by atoms with Crippen LogP contribution in [0.3, 0.4) is 0 Å². The first kappa shape index (κ1) is 22.5. The lowest BCUT2D eigenvalue weighted by molar-refractivity contribution is -0.140. The van der Waals surface area contributed by atoms with Gasteiger partial charge in [-0.05, 0) is 44.0 Å². The van der Waals surface area contributed by atoms with Gasteiger partial charge in [0.05, 0.1) is 12.1 Å². The molecule has 2 atom stereocenters. The Morgan fingerprint density at radius 2 is 1.93 bits per heavy atom. The van der Waals surface area contributed by atoms with Gasteiger partial charge in [0.15, 0.2) is 0 Å². The molecule has 0 aromatic heterocycles. The third kappa shape index (κ3) is 5.40. The SMILES string of the molecule is CC(CN1CCCC(F)(F)C1)C(C)N(C)C(=O)c1ccc(F)c(C(F)(F)F)c1. The lowest BCUT2D eigenvalue weighted by atomic mass is 9.98. The summed E-state index contributed by atoms with van der Waals surface area (Å²) >= 11 is 0. The minimum atomic E-state index is -4.91. The lowest BCUT2D eigenvalue weighted by Gasteiger charge is -2.37. The average molecular weight is 410 g/mol. The van der Waals surface area contributed by atoms with E-state index in [0.29, 0.717) is 31.6 Å². The van der Waals surface area contributed by atoms with Crippen LogP contribution in [-0.4, -0.2) is 54.4 Å². The Labute approximate surface area is 160 Å². The summed E-state index contributed by atoms with van der Waals surface area (Å²) in [7, 11) is 1.44. The summed E-state index contributed by atoms with van der Waals surface area (Å²) in [4.78, 5) is 15.5. The number of likely N-dealkylation sites (tertiary alicyclic amines) is 1. The van der Waals surface area contributed by atoms with Crippen LogP contribution in [-0.2, 0) is 6.18 Å². The molecule has 2 unspecified atom stereocenters. The number of amides is 1. The number of rotatable bonds is 5. The number of hydrogen-bond acceptors (Lipinski definition) is 2. The van der Waals surface area contributed by atoms with Crippen LogP contribution in [0.25, 0.3) is 0 Å². The first-order chi connectivity index (χ1) is 12.8. The molecule has 0 N–H and O–H groups in total. The van der Waals surface area contributed by atoms with Crippen molar-refractivity contribution in [3.8, 4) is 0 Å².